The summed E-state index contributed by atoms with van der Waals surface area (Å²) in [6.45, 7) is 3.70. The Morgan fingerprint density at radius 3 is 2.91 bits per heavy atom. The van der Waals surface area contributed by atoms with Gasteiger partial charge in [0, 0.05) is 24.0 Å². The zero-order valence-corrected chi connectivity index (χ0v) is 15.4. The van der Waals surface area contributed by atoms with Gasteiger partial charge in [0.25, 0.3) is 0 Å². The van der Waals surface area contributed by atoms with Crippen molar-refractivity contribution in [3.63, 3.8) is 0 Å². The number of aryl methyl sites for hydroxylation is 2. The molecule has 0 aromatic heterocycles. The summed E-state index contributed by atoms with van der Waals surface area (Å²) in [4.78, 5) is 15.8. The van der Waals surface area contributed by atoms with Crippen molar-refractivity contribution >= 4 is 30.1 Å². The van der Waals surface area contributed by atoms with Gasteiger partial charge < -0.3 is 10.6 Å². The van der Waals surface area contributed by atoms with Crippen LogP contribution < -0.4 is 5.73 Å². The summed E-state index contributed by atoms with van der Waals surface area (Å²) < 4.78 is 0. The Labute approximate surface area is 149 Å². The molecule has 1 aromatic carbocycles. The molecule has 1 aliphatic carbocycles. The number of hydrogen-bond donors (Lipinski definition) is 1. The molecular formula is C18H27ClN2OS. The normalized spacial score (nSPS) is 23.3. The summed E-state index contributed by atoms with van der Waals surface area (Å²) in [5.74, 6) is 1.46. The van der Waals surface area contributed by atoms with Gasteiger partial charge in [-0.1, -0.05) is 13.0 Å². The van der Waals surface area contributed by atoms with E-state index in [9.17, 15) is 4.79 Å². The average molecular weight is 355 g/mol. The third-order valence-corrected chi connectivity index (χ3v) is 5.98. The third kappa shape index (κ3) is 4.43. The van der Waals surface area contributed by atoms with Crippen LogP contribution in [-0.4, -0.2) is 35.7 Å². The van der Waals surface area contributed by atoms with Crippen molar-refractivity contribution in [2.75, 3.05) is 18.8 Å². The quantitative estimate of drug-likeness (QED) is 0.844. The summed E-state index contributed by atoms with van der Waals surface area (Å²) in [5.41, 5.74) is 8.83. The first-order valence-electron chi connectivity index (χ1n) is 8.41. The highest BCUT2D eigenvalue weighted by Crippen LogP contribution is 2.28. The molecule has 0 radical (unpaired) electrons. The molecule has 5 heteroatoms. The Balaban J connectivity index is 0.00000192. The van der Waals surface area contributed by atoms with E-state index in [4.69, 9.17) is 5.73 Å². The Hall–Kier alpha value is -0.710. The minimum absolute atomic E-state index is 0. The molecule has 1 fully saturated rings. The number of halogens is 1. The maximum Gasteiger partial charge on any atom is 0.233 e. The zero-order chi connectivity index (χ0) is 15.5. The zero-order valence-electron chi connectivity index (χ0n) is 13.8. The summed E-state index contributed by atoms with van der Waals surface area (Å²) in [6, 6.07) is 6.91. The summed E-state index contributed by atoms with van der Waals surface area (Å²) >= 11 is 1.67. The van der Waals surface area contributed by atoms with E-state index < -0.39 is 0 Å². The van der Waals surface area contributed by atoms with E-state index in [-0.39, 0.29) is 24.4 Å². The van der Waals surface area contributed by atoms with Gasteiger partial charge in [0.05, 0.1) is 5.75 Å². The van der Waals surface area contributed by atoms with Crippen LogP contribution in [-0.2, 0) is 17.6 Å². The minimum Gasteiger partial charge on any atom is -0.338 e. The van der Waals surface area contributed by atoms with Crippen molar-refractivity contribution in [1.82, 2.24) is 4.90 Å². The average Bonchev–Trinajstić information content (AvgIpc) is 3.00. The first-order chi connectivity index (χ1) is 10.7. The molecule has 1 aliphatic heterocycles. The maximum absolute atomic E-state index is 12.5. The topological polar surface area (TPSA) is 46.3 Å². The molecule has 0 spiro atoms. The van der Waals surface area contributed by atoms with Crippen molar-refractivity contribution in [3.05, 3.63) is 29.3 Å². The van der Waals surface area contributed by atoms with Gasteiger partial charge in [-0.15, -0.1) is 24.2 Å². The van der Waals surface area contributed by atoms with Crippen LogP contribution in [0.4, 0.5) is 0 Å². The Bertz CT molecular complexity index is 552. The van der Waals surface area contributed by atoms with Crippen molar-refractivity contribution in [3.8, 4) is 0 Å². The summed E-state index contributed by atoms with van der Waals surface area (Å²) in [7, 11) is 0. The number of likely N-dealkylation sites (tertiary alicyclic amines) is 1. The van der Waals surface area contributed by atoms with E-state index in [0.717, 1.165) is 19.4 Å². The number of nitrogens with two attached hydrogens (primary N) is 1. The largest absolute Gasteiger partial charge is 0.338 e. The number of fused-ring (bicyclic) bond motifs is 1. The molecule has 3 rings (SSSR count). The predicted octanol–water partition coefficient (Wildman–Crippen LogP) is 3.28. The highest BCUT2D eigenvalue weighted by Gasteiger charge is 2.28. The van der Waals surface area contributed by atoms with E-state index >= 15 is 0 Å². The lowest BCUT2D eigenvalue weighted by Gasteiger charge is -2.38. The van der Waals surface area contributed by atoms with Crippen LogP contribution in [0.15, 0.2) is 23.1 Å². The molecule has 2 N–H and O–H groups in total. The van der Waals surface area contributed by atoms with Crippen molar-refractivity contribution in [1.29, 1.82) is 0 Å². The van der Waals surface area contributed by atoms with Crippen LogP contribution >= 0.6 is 24.2 Å². The number of carbonyl (C=O) groups excluding carboxylic acids is 1. The van der Waals surface area contributed by atoms with Gasteiger partial charge in [-0.3, -0.25) is 4.79 Å². The van der Waals surface area contributed by atoms with Gasteiger partial charge in [0.2, 0.25) is 5.91 Å². The molecule has 2 atom stereocenters. The molecule has 128 valence electrons. The predicted molar refractivity (Wildman–Crippen MR) is 99.4 cm³/mol. The molecule has 1 heterocycles. The number of piperidine rings is 1. The second-order valence-corrected chi connectivity index (χ2v) is 7.73. The van der Waals surface area contributed by atoms with Gasteiger partial charge >= 0.3 is 0 Å². The van der Waals surface area contributed by atoms with Gasteiger partial charge in [0.1, 0.15) is 0 Å². The number of amides is 1. The number of thioether (sulfide) groups is 1. The van der Waals surface area contributed by atoms with Gasteiger partial charge in [-0.25, -0.2) is 0 Å². The fourth-order valence-corrected chi connectivity index (χ4v) is 4.52. The smallest absolute Gasteiger partial charge is 0.233 e. The number of carbonyl (C=O) groups is 1. The van der Waals surface area contributed by atoms with Crippen LogP contribution in [0.3, 0.4) is 0 Å². The molecule has 1 aromatic rings. The van der Waals surface area contributed by atoms with E-state index in [2.05, 4.69) is 25.1 Å². The fourth-order valence-electron chi connectivity index (χ4n) is 3.67. The van der Waals surface area contributed by atoms with E-state index in [1.807, 2.05) is 4.90 Å². The third-order valence-electron chi connectivity index (χ3n) is 5.00. The first kappa shape index (κ1) is 18.6. The van der Waals surface area contributed by atoms with E-state index in [0.29, 0.717) is 18.2 Å². The number of benzene rings is 1. The Morgan fingerprint density at radius 1 is 1.35 bits per heavy atom. The van der Waals surface area contributed by atoms with Crippen LogP contribution in [0.25, 0.3) is 0 Å². The molecule has 1 saturated heterocycles. The second-order valence-electron chi connectivity index (χ2n) is 6.68. The Morgan fingerprint density at radius 2 is 2.13 bits per heavy atom. The monoisotopic (exact) mass is 354 g/mol. The van der Waals surface area contributed by atoms with Crippen LogP contribution in [0, 0.1) is 5.92 Å². The highest BCUT2D eigenvalue weighted by molar-refractivity contribution is 8.00. The molecule has 1 amide bonds. The SMILES string of the molecule is CC1CCN(C(=O)CSc2ccc3c(c2)CCC3)C(CN)C1.Cl. The lowest BCUT2D eigenvalue weighted by atomic mass is 9.92. The molecule has 0 saturated carbocycles. The molecule has 23 heavy (non-hydrogen) atoms. The van der Waals surface area contributed by atoms with Crippen LogP contribution in [0.5, 0.6) is 0 Å². The lowest BCUT2D eigenvalue weighted by Crippen LogP contribution is -2.49. The standard InChI is InChI=1S/C18H26N2OS.ClH/c1-13-7-8-20(16(9-13)11-19)18(21)12-22-17-6-5-14-3-2-4-15(14)10-17;/h5-6,10,13,16H,2-4,7-9,11-12,19H2,1H3;1H. The summed E-state index contributed by atoms with van der Waals surface area (Å²) in [5, 5.41) is 0. The molecular weight excluding hydrogens is 328 g/mol. The lowest BCUT2D eigenvalue weighted by molar-refractivity contribution is -0.132. The van der Waals surface area contributed by atoms with E-state index in [1.54, 1.807) is 11.8 Å². The minimum atomic E-state index is 0. The molecule has 0 bridgehead atoms. The molecule has 2 aliphatic rings. The first-order valence-corrected chi connectivity index (χ1v) is 9.40. The fraction of sp³-hybridized carbons (Fsp3) is 0.611. The van der Waals surface area contributed by atoms with Crippen molar-refractivity contribution in [2.45, 2.75) is 50.0 Å². The highest BCUT2D eigenvalue weighted by atomic mass is 35.5. The summed E-state index contributed by atoms with van der Waals surface area (Å²) in [6.07, 6.45) is 5.82. The van der Waals surface area contributed by atoms with Crippen LogP contribution in [0.2, 0.25) is 0 Å². The Kier molecular flexibility index (Phi) is 6.81. The van der Waals surface area contributed by atoms with Crippen molar-refractivity contribution < 1.29 is 4.79 Å². The van der Waals surface area contributed by atoms with Gasteiger partial charge in [-0.05, 0) is 61.3 Å². The van der Waals surface area contributed by atoms with E-state index in [1.165, 1.54) is 35.3 Å². The van der Waals surface area contributed by atoms with Crippen LogP contribution in [0.1, 0.15) is 37.3 Å². The number of rotatable bonds is 4. The molecule has 3 nitrogen and oxygen atoms in total. The molecule has 2 unspecified atom stereocenters. The number of nitrogens with zero attached hydrogens (tertiary/aromatic N) is 1. The van der Waals surface area contributed by atoms with Crippen molar-refractivity contribution in [2.24, 2.45) is 11.7 Å². The number of hydrogen-bond acceptors (Lipinski definition) is 3. The van der Waals surface area contributed by atoms with Gasteiger partial charge in [-0.2, -0.15) is 0 Å². The maximum atomic E-state index is 12.5. The second kappa shape index (κ2) is 8.41. The van der Waals surface area contributed by atoms with Gasteiger partial charge in [0.15, 0.2) is 0 Å².